The van der Waals surface area contributed by atoms with Gasteiger partial charge in [0, 0.05) is 4.90 Å². The van der Waals surface area contributed by atoms with Crippen LogP contribution in [0.2, 0.25) is 0 Å². The molecule has 0 atom stereocenters. The SMILES string of the molecule is CCOC(=O)Cc1cc(O)c(C#N)c(S)c1. The zero-order valence-corrected chi connectivity index (χ0v) is 9.62. The van der Waals surface area contributed by atoms with Crippen LogP contribution in [-0.2, 0) is 16.0 Å². The summed E-state index contributed by atoms with van der Waals surface area (Å²) in [6.45, 7) is 2.03. The van der Waals surface area contributed by atoms with Gasteiger partial charge < -0.3 is 9.84 Å². The molecule has 0 aliphatic carbocycles. The van der Waals surface area contributed by atoms with E-state index >= 15 is 0 Å². The van der Waals surface area contributed by atoms with Crippen LogP contribution in [0.1, 0.15) is 18.1 Å². The number of thiol groups is 1. The highest BCUT2D eigenvalue weighted by Crippen LogP contribution is 2.25. The molecule has 0 radical (unpaired) electrons. The van der Waals surface area contributed by atoms with Gasteiger partial charge in [-0.1, -0.05) is 0 Å². The van der Waals surface area contributed by atoms with Crippen molar-refractivity contribution in [1.82, 2.24) is 0 Å². The Morgan fingerprint density at radius 1 is 1.62 bits per heavy atom. The Labute approximate surface area is 98.9 Å². The van der Waals surface area contributed by atoms with E-state index in [0.717, 1.165) is 0 Å². The summed E-state index contributed by atoms with van der Waals surface area (Å²) < 4.78 is 4.77. The number of rotatable bonds is 3. The molecule has 84 valence electrons. The molecular weight excluding hydrogens is 226 g/mol. The van der Waals surface area contributed by atoms with Crippen LogP contribution in [0.25, 0.3) is 0 Å². The summed E-state index contributed by atoms with van der Waals surface area (Å²) in [4.78, 5) is 11.5. The van der Waals surface area contributed by atoms with Crippen molar-refractivity contribution in [3.63, 3.8) is 0 Å². The molecule has 0 heterocycles. The third-order valence-electron chi connectivity index (χ3n) is 1.92. The molecule has 0 fully saturated rings. The lowest BCUT2D eigenvalue weighted by molar-refractivity contribution is -0.142. The van der Waals surface area contributed by atoms with Gasteiger partial charge in [0.25, 0.3) is 0 Å². The maximum Gasteiger partial charge on any atom is 0.310 e. The van der Waals surface area contributed by atoms with Gasteiger partial charge in [0.1, 0.15) is 17.4 Å². The molecule has 0 aliphatic rings. The first-order chi connectivity index (χ1) is 7.58. The van der Waals surface area contributed by atoms with E-state index in [1.807, 2.05) is 6.07 Å². The van der Waals surface area contributed by atoms with Crippen LogP contribution >= 0.6 is 12.6 Å². The highest BCUT2D eigenvalue weighted by Gasteiger charge is 2.10. The van der Waals surface area contributed by atoms with E-state index in [4.69, 9.17) is 10.00 Å². The summed E-state index contributed by atoms with van der Waals surface area (Å²) in [5, 5.41) is 18.2. The number of carbonyl (C=O) groups excluding carboxylic acids is 1. The number of benzene rings is 1. The first kappa shape index (κ1) is 12.4. The molecule has 0 aliphatic heterocycles. The van der Waals surface area contributed by atoms with Gasteiger partial charge in [0.15, 0.2) is 0 Å². The Hall–Kier alpha value is -1.67. The molecule has 0 spiro atoms. The van der Waals surface area contributed by atoms with E-state index in [0.29, 0.717) is 17.1 Å². The van der Waals surface area contributed by atoms with Gasteiger partial charge >= 0.3 is 5.97 Å². The van der Waals surface area contributed by atoms with Crippen molar-refractivity contribution in [2.75, 3.05) is 6.61 Å². The molecule has 0 bridgehead atoms. The summed E-state index contributed by atoms with van der Waals surface area (Å²) in [6.07, 6.45) is 0.0562. The number of hydrogen-bond donors (Lipinski definition) is 2. The summed E-state index contributed by atoms with van der Waals surface area (Å²) in [5.41, 5.74) is 0.677. The fraction of sp³-hybridized carbons (Fsp3) is 0.273. The Morgan fingerprint density at radius 2 is 2.31 bits per heavy atom. The number of aromatic hydroxyl groups is 1. The summed E-state index contributed by atoms with van der Waals surface area (Å²) in [7, 11) is 0. The molecule has 5 heteroatoms. The van der Waals surface area contributed by atoms with Gasteiger partial charge in [-0.3, -0.25) is 4.79 Å². The van der Waals surface area contributed by atoms with Gasteiger partial charge in [0.05, 0.1) is 13.0 Å². The van der Waals surface area contributed by atoms with E-state index in [2.05, 4.69) is 12.6 Å². The Kier molecular flexibility index (Phi) is 4.20. The van der Waals surface area contributed by atoms with Crippen LogP contribution in [0.3, 0.4) is 0 Å². The average molecular weight is 237 g/mol. The number of carbonyl (C=O) groups is 1. The zero-order chi connectivity index (χ0) is 12.1. The maximum absolute atomic E-state index is 11.2. The number of phenols is 1. The average Bonchev–Trinajstić information content (AvgIpc) is 2.17. The van der Waals surface area contributed by atoms with Crippen molar-refractivity contribution >= 4 is 18.6 Å². The number of ether oxygens (including phenoxy) is 1. The second-order valence-electron chi connectivity index (χ2n) is 3.10. The molecule has 16 heavy (non-hydrogen) atoms. The van der Waals surface area contributed by atoms with Gasteiger partial charge in [-0.2, -0.15) is 5.26 Å². The van der Waals surface area contributed by atoms with Gasteiger partial charge in [-0.25, -0.2) is 0 Å². The van der Waals surface area contributed by atoms with E-state index in [1.165, 1.54) is 6.07 Å². The fourth-order valence-electron chi connectivity index (χ4n) is 1.26. The molecule has 0 amide bonds. The van der Waals surface area contributed by atoms with Crippen molar-refractivity contribution in [3.05, 3.63) is 23.3 Å². The van der Waals surface area contributed by atoms with E-state index in [9.17, 15) is 9.90 Å². The fourth-order valence-corrected chi connectivity index (χ4v) is 1.59. The van der Waals surface area contributed by atoms with Crippen molar-refractivity contribution in [2.24, 2.45) is 0 Å². The van der Waals surface area contributed by atoms with Crippen molar-refractivity contribution in [2.45, 2.75) is 18.2 Å². The Balaban J connectivity index is 2.93. The predicted molar refractivity (Wildman–Crippen MR) is 60.4 cm³/mol. The number of esters is 1. The van der Waals surface area contributed by atoms with E-state index in [1.54, 1.807) is 13.0 Å². The molecule has 1 rings (SSSR count). The van der Waals surface area contributed by atoms with Crippen LogP contribution in [0.5, 0.6) is 5.75 Å². The lowest BCUT2D eigenvalue weighted by Gasteiger charge is -2.05. The molecular formula is C11H11NO3S. The second kappa shape index (κ2) is 5.42. The van der Waals surface area contributed by atoms with Gasteiger partial charge in [-0.05, 0) is 24.6 Å². The van der Waals surface area contributed by atoms with Crippen LogP contribution in [0.15, 0.2) is 17.0 Å². The lowest BCUT2D eigenvalue weighted by atomic mass is 10.1. The molecule has 0 saturated heterocycles. The summed E-state index contributed by atoms with van der Waals surface area (Å²) >= 11 is 4.06. The summed E-state index contributed by atoms with van der Waals surface area (Å²) in [6, 6.07) is 4.76. The predicted octanol–water partition coefficient (Wildman–Crippen LogP) is 1.66. The quantitative estimate of drug-likeness (QED) is 0.619. The third kappa shape index (κ3) is 2.91. The highest BCUT2D eigenvalue weighted by atomic mass is 32.1. The number of nitrogens with zero attached hydrogens (tertiary/aromatic N) is 1. The Bertz CT molecular complexity index is 428. The number of nitriles is 1. The lowest BCUT2D eigenvalue weighted by Crippen LogP contribution is -2.07. The standard InChI is InChI=1S/C11H11NO3S/c1-2-15-11(14)5-7-3-9(13)8(6-12)10(16)4-7/h3-4,13,16H,2,5H2,1H3. The largest absolute Gasteiger partial charge is 0.507 e. The molecule has 4 nitrogen and oxygen atoms in total. The van der Waals surface area contributed by atoms with Crippen molar-refractivity contribution < 1.29 is 14.6 Å². The third-order valence-corrected chi connectivity index (χ3v) is 2.27. The molecule has 0 aromatic heterocycles. The monoisotopic (exact) mass is 237 g/mol. The van der Waals surface area contributed by atoms with Crippen molar-refractivity contribution in [1.29, 1.82) is 5.26 Å². The molecule has 0 unspecified atom stereocenters. The van der Waals surface area contributed by atoms with Crippen molar-refractivity contribution in [3.8, 4) is 11.8 Å². The normalized spacial score (nSPS) is 9.56. The van der Waals surface area contributed by atoms with Crippen LogP contribution < -0.4 is 0 Å². The first-order valence-corrected chi connectivity index (χ1v) is 5.13. The smallest absolute Gasteiger partial charge is 0.310 e. The minimum absolute atomic E-state index is 0.0562. The van der Waals surface area contributed by atoms with Crippen LogP contribution in [0.4, 0.5) is 0 Å². The van der Waals surface area contributed by atoms with Gasteiger partial charge in [0.2, 0.25) is 0 Å². The van der Waals surface area contributed by atoms with Gasteiger partial charge in [-0.15, -0.1) is 12.6 Å². The number of hydrogen-bond acceptors (Lipinski definition) is 5. The second-order valence-corrected chi connectivity index (χ2v) is 3.58. The zero-order valence-electron chi connectivity index (χ0n) is 8.73. The van der Waals surface area contributed by atoms with E-state index < -0.39 is 0 Å². The minimum Gasteiger partial charge on any atom is -0.507 e. The summed E-state index contributed by atoms with van der Waals surface area (Å²) in [5.74, 6) is -0.548. The first-order valence-electron chi connectivity index (χ1n) is 4.69. The van der Waals surface area contributed by atoms with E-state index in [-0.39, 0.29) is 23.7 Å². The molecule has 1 aromatic carbocycles. The topological polar surface area (TPSA) is 70.3 Å². The van der Waals surface area contributed by atoms with Crippen LogP contribution in [-0.4, -0.2) is 17.7 Å². The highest BCUT2D eigenvalue weighted by molar-refractivity contribution is 7.80. The maximum atomic E-state index is 11.2. The minimum atomic E-state index is -0.376. The van der Waals surface area contributed by atoms with Crippen LogP contribution in [0, 0.1) is 11.3 Å². The molecule has 1 N–H and O–H groups in total. The molecule has 1 aromatic rings. The number of phenolic OH excluding ortho intramolecular Hbond substituents is 1. The molecule has 0 saturated carbocycles. The Morgan fingerprint density at radius 3 is 2.81 bits per heavy atom.